The average Bonchev–Trinajstić information content (AvgIpc) is 3.73. The highest BCUT2D eigenvalue weighted by Gasteiger charge is 2.68. The first kappa shape index (κ1) is 30.1. The third-order valence-electron chi connectivity index (χ3n) is 19.3. The molecule has 256 valence electrons. The second-order valence-corrected chi connectivity index (χ2v) is 20.1. The van der Waals surface area contributed by atoms with Gasteiger partial charge in [0.05, 0.1) is 0 Å². The molecule has 0 N–H and O–H groups in total. The Kier molecular flexibility index (Phi) is 7.20. The second kappa shape index (κ2) is 11.5. The van der Waals surface area contributed by atoms with E-state index in [0.717, 1.165) is 118 Å². The Balaban J connectivity index is 1.03. The molecule has 9 aliphatic carbocycles. The Labute approximate surface area is 293 Å². The highest BCUT2D eigenvalue weighted by Crippen LogP contribution is 2.75. The van der Waals surface area contributed by atoms with E-state index < -0.39 is 0 Å². The predicted octanol–water partition coefficient (Wildman–Crippen LogP) is 12.3. The van der Waals surface area contributed by atoms with E-state index in [9.17, 15) is 0 Å². The lowest BCUT2D eigenvalue weighted by Gasteiger charge is -2.57. The van der Waals surface area contributed by atoms with Gasteiger partial charge in [0.2, 0.25) is 0 Å². The Morgan fingerprint density at radius 1 is 0.354 bits per heavy atom. The summed E-state index contributed by atoms with van der Waals surface area (Å²) < 4.78 is 0. The first-order valence-corrected chi connectivity index (χ1v) is 21.8. The standard InChI is InChI=1S/C48H64/c1-27-32-19-9-10-20-33(32)34-23-24-35-39-26-41-40(25-38(39)28(2)43(35)42(27)34)45(30-13-5-3-6-14-30)47-36-21-11-17-29-18-12-22-37(44(29)36)48(47)46(41)31-15-7-4-8-16-31/h3-8,13-16,27-29,32-48H,9-12,17-26H2,1-2H3. The average molecular weight is 641 g/mol. The molecule has 0 nitrogen and oxygen atoms in total. The van der Waals surface area contributed by atoms with Gasteiger partial charge in [0.25, 0.3) is 0 Å². The molecular weight excluding hydrogens is 577 g/mol. The maximum atomic E-state index is 2.83. The summed E-state index contributed by atoms with van der Waals surface area (Å²) in [6.45, 7) is 5.59. The van der Waals surface area contributed by atoms with E-state index in [-0.39, 0.29) is 0 Å². The SMILES string of the molecule is CC1C2CCCCC2C2CCC3C4CC5C(CC4C(C)C3C12)C(c1ccccc1)C1C2CCCC3CCCC(C32)C1C5c1ccccc1. The van der Waals surface area contributed by atoms with Gasteiger partial charge >= 0.3 is 0 Å². The number of fused-ring (bicyclic) bond motifs is 11. The molecule has 0 spiro atoms. The molecule has 0 bridgehead atoms. The molecule has 0 aromatic heterocycles. The van der Waals surface area contributed by atoms with Crippen LogP contribution in [0.25, 0.3) is 0 Å². The fourth-order valence-corrected chi connectivity index (χ4v) is 18.5. The minimum absolute atomic E-state index is 0.798. The quantitative estimate of drug-likeness (QED) is 0.306. The highest BCUT2D eigenvalue weighted by molar-refractivity contribution is 5.33. The largest absolute Gasteiger partial charge is 0.0622 e. The molecule has 0 heterocycles. The third-order valence-corrected chi connectivity index (χ3v) is 19.3. The first-order chi connectivity index (χ1) is 23.7. The summed E-state index contributed by atoms with van der Waals surface area (Å²) in [5.74, 6) is 19.5. The zero-order chi connectivity index (χ0) is 31.7. The molecule has 0 amide bonds. The van der Waals surface area contributed by atoms with Crippen LogP contribution in [0.5, 0.6) is 0 Å². The van der Waals surface area contributed by atoms with Crippen LogP contribution in [0.4, 0.5) is 0 Å². The fraction of sp³-hybridized carbons (Fsp3) is 0.750. The van der Waals surface area contributed by atoms with Crippen LogP contribution in [0.2, 0.25) is 0 Å². The van der Waals surface area contributed by atoms with Crippen molar-refractivity contribution in [2.24, 2.45) is 107 Å². The molecule has 2 aromatic carbocycles. The number of hydrogen-bond donors (Lipinski definition) is 0. The van der Waals surface area contributed by atoms with Crippen molar-refractivity contribution >= 4 is 0 Å². The van der Waals surface area contributed by atoms with Crippen LogP contribution < -0.4 is 0 Å². The van der Waals surface area contributed by atoms with E-state index in [1.54, 1.807) is 62.5 Å². The van der Waals surface area contributed by atoms with Gasteiger partial charge < -0.3 is 0 Å². The van der Waals surface area contributed by atoms with Crippen molar-refractivity contribution < 1.29 is 0 Å². The van der Waals surface area contributed by atoms with Gasteiger partial charge in [-0.1, -0.05) is 113 Å². The maximum absolute atomic E-state index is 2.83. The van der Waals surface area contributed by atoms with Gasteiger partial charge in [-0.15, -0.1) is 0 Å². The fourth-order valence-electron chi connectivity index (χ4n) is 18.5. The highest BCUT2D eigenvalue weighted by atomic mass is 14.7. The molecule has 48 heavy (non-hydrogen) atoms. The summed E-state index contributed by atoms with van der Waals surface area (Å²) >= 11 is 0. The van der Waals surface area contributed by atoms with E-state index >= 15 is 0 Å². The number of hydrogen-bond acceptors (Lipinski definition) is 0. The van der Waals surface area contributed by atoms with Crippen molar-refractivity contribution in [3.63, 3.8) is 0 Å². The summed E-state index contributed by atoms with van der Waals surface area (Å²) in [7, 11) is 0. The van der Waals surface area contributed by atoms with Gasteiger partial charge in [0, 0.05) is 0 Å². The molecule has 0 radical (unpaired) electrons. The molecule has 9 saturated carbocycles. The minimum atomic E-state index is 0.798. The molecule has 9 fully saturated rings. The smallest absolute Gasteiger partial charge is 0.00966 e. The van der Waals surface area contributed by atoms with Crippen LogP contribution in [0.3, 0.4) is 0 Å². The summed E-state index contributed by atoms with van der Waals surface area (Å²) in [4.78, 5) is 0. The van der Waals surface area contributed by atoms with E-state index in [1.165, 1.54) is 38.5 Å². The van der Waals surface area contributed by atoms with E-state index in [1.807, 2.05) is 0 Å². The Bertz CT molecular complexity index is 1460. The topological polar surface area (TPSA) is 0 Å². The zero-order valence-electron chi connectivity index (χ0n) is 30.2. The van der Waals surface area contributed by atoms with Crippen molar-refractivity contribution in [1.82, 2.24) is 0 Å². The van der Waals surface area contributed by atoms with Crippen LogP contribution in [0.1, 0.15) is 127 Å². The van der Waals surface area contributed by atoms with Gasteiger partial charge in [-0.2, -0.15) is 0 Å². The predicted molar refractivity (Wildman–Crippen MR) is 197 cm³/mol. The summed E-state index contributed by atoms with van der Waals surface area (Å²) in [5.41, 5.74) is 3.51. The lowest BCUT2D eigenvalue weighted by molar-refractivity contribution is -0.0313. The van der Waals surface area contributed by atoms with E-state index in [4.69, 9.17) is 0 Å². The summed E-state index contributed by atoms with van der Waals surface area (Å²) in [6.07, 6.45) is 21.7. The lowest BCUT2D eigenvalue weighted by Crippen LogP contribution is -2.49. The van der Waals surface area contributed by atoms with Crippen LogP contribution in [0, 0.1) is 107 Å². The lowest BCUT2D eigenvalue weighted by atomic mass is 9.47. The Morgan fingerprint density at radius 2 is 0.833 bits per heavy atom. The minimum Gasteiger partial charge on any atom is -0.0622 e. The second-order valence-electron chi connectivity index (χ2n) is 20.1. The van der Waals surface area contributed by atoms with Crippen LogP contribution in [-0.2, 0) is 0 Å². The molecule has 0 aliphatic heterocycles. The van der Waals surface area contributed by atoms with Gasteiger partial charge in [-0.05, 0) is 181 Å². The molecule has 0 heteroatoms. The van der Waals surface area contributed by atoms with Crippen molar-refractivity contribution in [2.75, 3.05) is 0 Å². The van der Waals surface area contributed by atoms with Crippen molar-refractivity contribution in [2.45, 2.75) is 116 Å². The Morgan fingerprint density at radius 3 is 1.42 bits per heavy atom. The van der Waals surface area contributed by atoms with Crippen molar-refractivity contribution in [1.29, 1.82) is 0 Å². The zero-order valence-corrected chi connectivity index (χ0v) is 30.2. The van der Waals surface area contributed by atoms with E-state index in [0.29, 0.717) is 0 Å². The molecule has 9 aliphatic rings. The Hall–Kier alpha value is -1.56. The monoisotopic (exact) mass is 641 g/mol. The summed E-state index contributed by atoms with van der Waals surface area (Å²) in [5, 5.41) is 0. The molecule has 20 unspecified atom stereocenters. The number of rotatable bonds is 2. The molecule has 0 saturated heterocycles. The molecular formula is C48H64. The third kappa shape index (κ3) is 4.13. The maximum Gasteiger partial charge on any atom is -0.00966 e. The molecule has 20 atom stereocenters. The van der Waals surface area contributed by atoms with Gasteiger partial charge in [0.15, 0.2) is 0 Å². The summed E-state index contributed by atoms with van der Waals surface area (Å²) in [6, 6.07) is 24.7. The van der Waals surface area contributed by atoms with Gasteiger partial charge in [-0.25, -0.2) is 0 Å². The van der Waals surface area contributed by atoms with Gasteiger partial charge in [-0.3, -0.25) is 0 Å². The van der Waals surface area contributed by atoms with Crippen LogP contribution >= 0.6 is 0 Å². The van der Waals surface area contributed by atoms with Crippen LogP contribution in [-0.4, -0.2) is 0 Å². The van der Waals surface area contributed by atoms with Crippen molar-refractivity contribution in [3.05, 3.63) is 71.8 Å². The van der Waals surface area contributed by atoms with Crippen molar-refractivity contribution in [3.8, 4) is 0 Å². The molecule has 11 rings (SSSR count). The van der Waals surface area contributed by atoms with Crippen LogP contribution in [0.15, 0.2) is 60.7 Å². The first-order valence-electron chi connectivity index (χ1n) is 21.8. The van der Waals surface area contributed by atoms with Gasteiger partial charge in [0.1, 0.15) is 0 Å². The molecule has 2 aromatic rings. The normalized spacial score (nSPS) is 54.5. The number of benzene rings is 2. The van der Waals surface area contributed by atoms with E-state index in [2.05, 4.69) is 74.5 Å².